The molecule has 0 saturated heterocycles. The molecular weight excluding hydrogens is 158 g/mol. The summed E-state index contributed by atoms with van der Waals surface area (Å²) in [6, 6.07) is 8.57. The normalized spacial score (nSPS) is 9.77. The topological polar surface area (TPSA) is 3.24 Å². The second-order valence-electron chi connectivity index (χ2n) is 3.39. The van der Waals surface area contributed by atoms with E-state index in [0.29, 0.717) is 0 Å². The minimum Gasteiger partial charge on any atom is -0.378 e. The van der Waals surface area contributed by atoms with E-state index < -0.39 is 0 Å². The molecule has 1 aromatic rings. The summed E-state index contributed by atoms with van der Waals surface area (Å²) in [7, 11) is 4.02. The quantitative estimate of drug-likeness (QED) is 0.682. The smallest absolute Gasteiger partial charge is 0.0361 e. The van der Waals surface area contributed by atoms with E-state index in [0.717, 1.165) is 12.1 Å². The van der Waals surface area contributed by atoms with Gasteiger partial charge < -0.3 is 4.90 Å². The molecule has 0 N–H and O–H groups in total. The lowest BCUT2D eigenvalue weighted by Gasteiger charge is -2.15. The van der Waals surface area contributed by atoms with Gasteiger partial charge in [-0.2, -0.15) is 0 Å². The summed E-state index contributed by atoms with van der Waals surface area (Å²) in [5, 5.41) is 0. The zero-order valence-corrected chi connectivity index (χ0v) is 8.67. The fraction of sp³-hybridized carbons (Fsp3) is 0.333. The van der Waals surface area contributed by atoms with Gasteiger partial charge in [0.1, 0.15) is 0 Å². The molecule has 0 radical (unpaired) electrons. The predicted octanol–water partition coefficient (Wildman–Crippen LogP) is 2.78. The van der Waals surface area contributed by atoms with Crippen LogP contribution in [0, 0.1) is 0 Å². The van der Waals surface area contributed by atoms with Crippen molar-refractivity contribution >= 4 is 5.70 Å². The van der Waals surface area contributed by atoms with Gasteiger partial charge in [-0.3, -0.25) is 0 Å². The van der Waals surface area contributed by atoms with E-state index in [1.54, 1.807) is 0 Å². The maximum Gasteiger partial charge on any atom is 0.0361 e. The van der Waals surface area contributed by atoms with Crippen molar-refractivity contribution in [1.29, 1.82) is 0 Å². The van der Waals surface area contributed by atoms with Gasteiger partial charge in [0.05, 0.1) is 0 Å². The van der Waals surface area contributed by atoms with Gasteiger partial charge in [-0.25, -0.2) is 0 Å². The molecule has 0 heterocycles. The Morgan fingerprint density at radius 1 is 1.23 bits per heavy atom. The number of hydrogen-bond acceptors (Lipinski definition) is 1. The summed E-state index contributed by atoms with van der Waals surface area (Å²) in [5.41, 5.74) is 3.63. The first kappa shape index (κ1) is 9.85. The Balaban J connectivity index is 2.86. The zero-order valence-electron chi connectivity index (χ0n) is 8.67. The Kier molecular flexibility index (Phi) is 3.13. The molecule has 0 fully saturated rings. The Morgan fingerprint density at radius 3 is 2.15 bits per heavy atom. The van der Waals surface area contributed by atoms with Gasteiger partial charge in [0.15, 0.2) is 0 Å². The molecular formula is C12H17N. The molecule has 0 unspecified atom stereocenters. The fourth-order valence-corrected chi connectivity index (χ4v) is 1.19. The fourth-order valence-electron chi connectivity index (χ4n) is 1.19. The highest BCUT2D eigenvalue weighted by Crippen LogP contribution is 2.15. The molecule has 70 valence electrons. The van der Waals surface area contributed by atoms with E-state index in [2.05, 4.69) is 37.8 Å². The highest BCUT2D eigenvalue weighted by Gasteiger charge is 1.99. The van der Waals surface area contributed by atoms with Gasteiger partial charge in [0.2, 0.25) is 0 Å². The minimum absolute atomic E-state index is 1.06. The van der Waals surface area contributed by atoms with Gasteiger partial charge >= 0.3 is 0 Å². The van der Waals surface area contributed by atoms with Gasteiger partial charge in [0, 0.05) is 19.8 Å². The monoisotopic (exact) mass is 175 g/mol. The summed E-state index contributed by atoms with van der Waals surface area (Å²) >= 11 is 0. The number of hydrogen-bond donors (Lipinski definition) is 0. The van der Waals surface area contributed by atoms with Crippen LogP contribution in [0.15, 0.2) is 30.8 Å². The van der Waals surface area contributed by atoms with Gasteiger partial charge in [0.25, 0.3) is 0 Å². The summed E-state index contributed by atoms with van der Waals surface area (Å²) in [5.74, 6) is 0. The van der Waals surface area contributed by atoms with Crippen LogP contribution in [0.5, 0.6) is 0 Å². The molecule has 0 aliphatic heterocycles. The van der Waals surface area contributed by atoms with Crippen molar-refractivity contribution in [2.45, 2.75) is 13.3 Å². The van der Waals surface area contributed by atoms with Crippen molar-refractivity contribution in [1.82, 2.24) is 4.90 Å². The first-order chi connectivity index (χ1) is 6.15. The largest absolute Gasteiger partial charge is 0.378 e. The SMILES string of the molecule is C=C(c1ccc(CC)cc1)N(C)C. The molecule has 0 aromatic heterocycles. The van der Waals surface area contributed by atoms with E-state index in [1.807, 2.05) is 19.0 Å². The Labute approximate surface area is 80.7 Å². The van der Waals surface area contributed by atoms with Crippen LogP contribution in [0.1, 0.15) is 18.1 Å². The van der Waals surface area contributed by atoms with Crippen molar-refractivity contribution in [2.24, 2.45) is 0 Å². The molecule has 0 aliphatic rings. The molecule has 1 nitrogen and oxygen atoms in total. The Morgan fingerprint density at radius 2 is 1.77 bits per heavy atom. The number of rotatable bonds is 3. The van der Waals surface area contributed by atoms with Crippen LogP contribution in [-0.2, 0) is 6.42 Å². The highest BCUT2D eigenvalue weighted by atomic mass is 15.1. The third-order valence-electron chi connectivity index (χ3n) is 2.24. The first-order valence-electron chi connectivity index (χ1n) is 4.60. The second-order valence-corrected chi connectivity index (χ2v) is 3.39. The Bertz CT molecular complexity index is 282. The molecule has 0 aliphatic carbocycles. The maximum atomic E-state index is 4.01. The third-order valence-corrected chi connectivity index (χ3v) is 2.24. The average molecular weight is 175 g/mol. The molecule has 1 aromatic carbocycles. The molecule has 1 rings (SSSR count). The summed E-state index contributed by atoms with van der Waals surface area (Å²) in [6.07, 6.45) is 1.09. The molecule has 0 atom stereocenters. The molecule has 1 heteroatoms. The Hall–Kier alpha value is -1.24. The zero-order chi connectivity index (χ0) is 9.84. The average Bonchev–Trinajstić information content (AvgIpc) is 2.17. The molecule has 0 spiro atoms. The van der Waals surface area contributed by atoms with Gasteiger partial charge in [-0.15, -0.1) is 0 Å². The maximum absolute atomic E-state index is 4.01. The molecule has 0 bridgehead atoms. The van der Waals surface area contributed by atoms with Crippen molar-refractivity contribution in [3.63, 3.8) is 0 Å². The predicted molar refractivity (Wildman–Crippen MR) is 58.5 cm³/mol. The standard InChI is InChI=1S/C12H17N/c1-5-11-6-8-12(9-7-11)10(2)13(3)4/h6-9H,2,5H2,1,3-4H3. The highest BCUT2D eigenvalue weighted by molar-refractivity contribution is 5.61. The van der Waals surface area contributed by atoms with E-state index in [4.69, 9.17) is 0 Å². The van der Waals surface area contributed by atoms with Crippen LogP contribution in [0.4, 0.5) is 0 Å². The van der Waals surface area contributed by atoms with E-state index in [9.17, 15) is 0 Å². The summed E-state index contributed by atoms with van der Waals surface area (Å²) in [4.78, 5) is 2.03. The van der Waals surface area contributed by atoms with Crippen LogP contribution in [-0.4, -0.2) is 19.0 Å². The number of aryl methyl sites for hydroxylation is 1. The van der Waals surface area contributed by atoms with Gasteiger partial charge in [-0.05, 0) is 17.5 Å². The number of nitrogens with zero attached hydrogens (tertiary/aromatic N) is 1. The molecule has 13 heavy (non-hydrogen) atoms. The van der Waals surface area contributed by atoms with E-state index >= 15 is 0 Å². The van der Waals surface area contributed by atoms with Crippen LogP contribution >= 0.6 is 0 Å². The van der Waals surface area contributed by atoms with Crippen molar-refractivity contribution in [3.05, 3.63) is 42.0 Å². The van der Waals surface area contributed by atoms with Gasteiger partial charge in [-0.1, -0.05) is 37.8 Å². The van der Waals surface area contributed by atoms with E-state index in [-0.39, 0.29) is 0 Å². The summed E-state index contributed by atoms with van der Waals surface area (Å²) in [6.45, 7) is 6.17. The lowest BCUT2D eigenvalue weighted by Crippen LogP contribution is -2.08. The lowest BCUT2D eigenvalue weighted by molar-refractivity contribution is 0.593. The van der Waals surface area contributed by atoms with Crippen LogP contribution in [0.25, 0.3) is 5.70 Å². The van der Waals surface area contributed by atoms with Crippen molar-refractivity contribution in [3.8, 4) is 0 Å². The molecule has 0 saturated carbocycles. The van der Waals surface area contributed by atoms with Crippen LogP contribution in [0.3, 0.4) is 0 Å². The summed E-state index contributed by atoms with van der Waals surface area (Å²) < 4.78 is 0. The lowest BCUT2D eigenvalue weighted by atomic mass is 10.1. The van der Waals surface area contributed by atoms with Crippen LogP contribution < -0.4 is 0 Å². The minimum atomic E-state index is 1.06. The van der Waals surface area contributed by atoms with Crippen LogP contribution in [0.2, 0.25) is 0 Å². The molecule has 0 amide bonds. The van der Waals surface area contributed by atoms with Crippen molar-refractivity contribution in [2.75, 3.05) is 14.1 Å². The third kappa shape index (κ3) is 2.35. The second kappa shape index (κ2) is 4.13. The first-order valence-corrected chi connectivity index (χ1v) is 4.60. The van der Waals surface area contributed by atoms with Crippen molar-refractivity contribution < 1.29 is 0 Å². The number of benzene rings is 1. The van der Waals surface area contributed by atoms with E-state index in [1.165, 1.54) is 11.1 Å².